The van der Waals surface area contributed by atoms with Gasteiger partial charge in [0.2, 0.25) is 47.3 Å². The van der Waals surface area contributed by atoms with E-state index < -0.39 is 104 Å². The molecule has 4 aliphatic heterocycles. The predicted molar refractivity (Wildman–Crippen MR) is 325 cm³/mol. The number of benzene rings is 3. The second-order valence-corrected chi connectivity index (χ2v) is 28.7. The SMILES string of the molecule is C[C@@H]1NC(=O)[C@H](CCCCNC(=O)CCC/C=C/c2cc(N(C)C)cc3c2C(=O)c2ccc(N(C)C)cc2[Si]3(C)C)NC(=O)[C@@H]2Cc3c([nH]c4ccccc34)SC[C@H](NC(=O)[C@@H]([C@H](C)O)NC1=O)C(=O)N1C[C@@H](O)C[C@H]1C(=O)N[C@@H](C)C(=O)N2. The molecule has 8 rings (SSSR count). The van der Waals surface area contributed by atoms with Gasteiger partial charge in [-0.2, -0.15) is 0 Å². The largest absolute Gasteiger partial charge is 0.391 e. The van der Waals surface area contributed by atoms with Crippen LogP contribution in [0.2, 0.25) is 13.1 Å². The molecule has 9 atom stereocenters. The molecule has 450 valence electrons. The summed E-state index contributed by atoms with van der Waals surface area (Å²) in [5, 5.41) is 43.9. The van der Waals surface area contributed by atoms with Gasteiger partial charge in [-0.1, -0.05) is 43.4 Å². The van der Waals surface area contributed by atoms with E-state index in [1.54, 1.807) is 12.1 Å². The van der Waals surface area contributed by atoms with Crippen LogP contribution in [-0.4, -0.2) is 183 Å². The maximum atomic E-state index is 14.8. The number of fused-ring (bicyclic) bond motifs is 7. The third-order valence-electron chi connectivity index (χ3n) is 16.2. The molecular weight excluding hydrogens is 1110 g/mol. The summed E-state index contributed by atoms with van der Waals surface area (Å²) in [6.07, 6.45) is 3.09. The van der Waals surface area contributed by atoms with Crippen molar-refractivity contribution in [2.45, 2.75) is 145 Å². The summed E-state index contributed by atoms with van der Waals surface area (Å²) in [4.78, 5) is 135. The molecule has 3 aromatic carbocycles. The maximum absolute atomic E-state index is 14.8. The van der Waals surface area contributed by atoms with Crippen molar-refractivity contribution < 1.29 is 53.4 Å². The van der Waals surface area contributed by atoms with Gasteiger partial charge < -0.3 is 67.1 Å². The predicted octanol–water partition coefficient (Wildman–Crippen LogP) is 0.790. The first-order chi connectivity index (χ1) is 39.8. The van der Waals surface area contributed by atoms with E-state index in [1.807, 2.05) is 80.5 Å². The number of H-pyrrole nitrogens is 1. The molecular formula is C60H79N11O11SSi. The number of allylic oxidation sites excluding steroid dienone is 1. The first-order valence-corrected chi connectivity index (χ1v) is 32.7. The number of rotatable bonds is 13. The van der Waals surface area contributed by atoms with E-state index in [4.69, 9.17) is 0 Å². The third-order valence-corrected chi connectivity index (χ3v) is 20.8. The van der Waals surface area contributed by atoms with Crippen molar-refractivity contribution in [1.82, 2.24) is 47.1 Å². The van der Waals surface area contributed by atoms with Crippen molar-refractivity contribution in [3.8, 4) is 0 Å². The van der Waals surface area contributed by atoms with E-state index in [0.29, 0.717) is 47.2 Å². The highest BCUT2D eigenvalue weighted by Crippen LogP contribution is 2.33. The highest BCUT2D eigenvalue weighted by molar-refractivity contribution is 7.99. The number of para-hydroxylation sites is 1. The number of aromatic nitrogens is 1. The number of aliphatic hydroxyl groups is 2. The topological polar surface area (TPSA) is 304 Å². The van der Waals surface area contributed by atoms with Gasteiger partial charge in [0.05, 0.1) is 17.2 Å². The Labute approximate surface area is 494 Å². The van der Waals surface area contributed by atoms with Crippen molar-refractivity contribution >= 4 is 112 Å². The molecule has 24 heteroatoms. The van der Waals surface area contributed by atoms with Gasteiger partial charge in [-0.15, -0.1) is 11.8 Å². The Kier molecular flexibility index (Phi) is 19.8. The Bertz CT molecular complexity index is 3250. The van der Waals surface area contributed by atoms with Crippen LogP contribution in [-0.2, 0) is 44.8 Å². The van der Waals surface area contributed by atoms with Crippen LogP contribution < -0.4 is 57.4 Å². The second-order valence-electron chi connectivity index (χ2n) is 23.3. The number of aromatic amines is 1. The van der Waals surface area contributed by atoms with Crippen LogP contribution in [0.1, 0.15) is 92.8 Å². The molecule has 8 amide bonds. The number of nitrogens with zero attached hydrogens (tertiary/aromatic N) is 3. The van der Waals surface area contributed by atoms with Gasteiger partial charge in [0.1, 0.15) is 50.4 Å². The fourth-order valence-corrected chi connectivity index (χ4v) is 15.4. The van der Waals surface area contributed by atoms with Crippen LogP contribution in [0, 0.1) is 0 Å². The molecule has 0 radical (unpaired) electrons. The number of thioether (sulfide) groups is 1. The van der Waals surface area contributed by atoms with Crippen LogP contribution >= 0.6 is 11.8 Å². The van der Waals surface area contributed by atoms with Crippen molar-refractivity contribution in [2.24, 2.45) is 0 Å². The minimum atomic E-state index is -2.31. The van der Waals surface area contributed by atoms with E-state index >= 15 is 0 Å². The molecule has 1 aromatic heterocycles. The van der Waals surface area contributed by atoms with Gasteiger partial charge in [-0.05, 0) is 111 Å². The number of aliphatic hydroxyl groups excluding tert-OH is 2. The van der Waals surface area contributed by atoms with Crippen LogP contribution in [0.4, 0.5) is 11.4 Å². The molecule has 1 fully saturated rings. The fourth-order valence-electron chi connectivity index (χ4n) is 11.3. The summed E-state index contributed by atoms with van der Waals surface area (Å²) in [7, 11) is 5.65. The van der Waals surface area contributed by atoms with E-state index in [-0.39, 0.29) is 56.2 Å². The smallest absolute Gasteiger partial charge is 0.246 e. The molecule has 5 heterocycles. The summed E-state index contributed by atoms with van der Waals surface area (Å²) in [6, 6.07) is 7.97. The number of amides is 8. The van der Waals surface area contributed by atoms with E-state index in [2.05, 4.69) is 67.4 Å². The lowest BCUT2D eigenvalue weighted by Gasteiger charge is -2.35. The zero-order valence-electron chi connectivity index (χ0n) is 49.1. The van der Waals surface area contributed by atoms with Crippen LogP contribution in [0.15, 0.2) is 65.7 Å². The normalized spacial score (nSPS) is 24.5. The van der Waals surface area contributed by atoms with Crippen LogP contribution in [0.5, 0.6) is 0 Å². The van der Waals surface area contributed by atoms with Gasteiger partial charge in [-0.25, -0.2) is 0 Å². The first kappa shape index (κ1) is 62.5. The van der Waals surface area contributed by atoms with Crippen molar-refractivity contribution in [1.29, 1.82) is 0 Å². The maximum Gasteiger partial charge on any atom is 0.246 e. The Balaban J connectivity index is 0.974. The van der Waals surface area contributed by atoms with Crippen LogP contribution in [0.25, 0.3) is 17.0 Å². The fraction of sp³-hybridized carbons (Fsp3) is 0.483. The molecule has 0 saturated carbocycles. The second kappa shape index (κ2) is 26.6. The average Bonchev–Trinajstić information content (AvgIpc) is 3.11. The zero-order valence-corrected chi connectivity index (χ0v) is 51.0. The van der Waals surface area contributed by atoms with E-state index in [0.717, 1.165) is 55.1 Å². The van der Waals surface area contributed by atoms with Crippen molar-refractivity contribution in [3.63, 3.8) is 0 Å². The first-order valence-electron chi connectivity index (χ1n) is 28.7. The molecule has 0 unspecified atom stereocenters. The Morgan fingerprint density at radius 2 is 1.46 bits per heavy atom. The number of anilines is 2. The molecule has 4 aliphatic rings. The molecule has 4 aromatic rings. The lowest BCUT2D eigenvalue weighted by atomic mass is 9.95. The number of unbranched alkanes of at least 4 members (excludes halogenated alkanes) is 2. The summed E-state index contributed by atoms with van der Waals surface area (Å²) in [5.74, 6) is -5.97. The number of hydrogen-bond donors (Lipinski definition) is 10. The van der Waals surface area contributed by atoms with Gasteiger partial charge in [0, 0.05) is 99.7 Å². The Hall–Kier alpha value is -7.54. The summed E-state index contributed by atoms with van der Waals surface area (Å²) in [6.45, 7) is 8.57. The number of carbonyl (C=O) groups excluding carboxylic acids is 9. The van der Waals surface area contributed by atoms with E-state index in [9.17, 15) is 53.4 Å². The molecule has 84 heavy (non-hydrogen) atoms. The van der Waals surface area contributed by atoms with Crippen molar-refractivity contribution in [2.75, 3.05) is 56.8 Å². The van der Waals surface area contributed by atoms with Gasteiger partial charge in [0.15, 0.2) is 5.78 Å². The molecule has 0 aliphatic carbocycles. The molecule has 2 bridgehead atoms. The number of carbonyl (C=O) groups is 9. The average molecular weight is 1190 g/mol. The molecule has 22 nitrogen and oxygen atoms in total. The van der Waals surface area contributed by atoms with Gasteiger partial charge in [-0.3, -0.25) is 43.2 Å². The number of nitrogens with one attached hydrogen (secondary N) is 8. The third kappa shape index (κ3) is 14.0. The minimum absolute atomic E-state index is 0.00628. The minimum Gasteiger partial charge on any atom is -0.391 e. The summed E-state index contributed by atoms with van der Waals surface area (Å²) < 4.78 is 0. The summed E-state index contributed by atoms with van der Waals surface area (Å²) in [5.41, 5.74) is 5.58. The molecule has 10 N–H and O–H groups in total. The lowest BCUT2D eigenvalue weighted by molar-refractivity contribution is -0.142. The zero-order chi connectivity index (χ0) is 60.9. The molecule has 1 saturated heterocycles. The summed E-state index contributed by atoms with van der Waals surface area (Å²) >= 11 is 1.12. The van der Waals surface area contributed by atoms with E-state index in [1.165, 1.54) is 20.8 Å². The Morgan fingerprint density at radius 1 is 0.786 bits per heavy atom. The highest BCUT2D eigenvalue weighted by atomic mass is 32.2. The monoisotopic (exact) mass is 1190 g/mol. The van der Waals surface area contributed by atoms with Gasteiger partial charge >= 0.3 is 0 Å². The molecule has 0 spiro atoms. The number of ketones is 1. The Morgan fingerprint density at radius 3 is 2.18 bits per heavy atom. The van der Waals surface area contributed by atoms with Crippen LogP contribution in [0.3, 0.4) is 0 Å². The number of hydrogen-bond acceptors (Lipinski definition) is 14. The van der Waals surface area contributed by atoms with Crippen molar-refractivity contribution in [3.05, 3.63) is 82.9 Å². The standard InChI is InChI=1S/C60H79N11O11SSi/c1-32-53(76)65-44-29-41-39-18-13-14-19-42(39)67-59(41)83-31-45(60(82)71-30-38(73)28-46(71)57(80)63-32)66-58(81)51(34(3)72)68-54(77)33(2)62-55(78)43(64-56(44)79)20-15-16-24-61-49(74)21-12-10-11-17-35-25-37(70(6)7)27-48-50(35)52(75)40-23-22-36(69(4)5)26-47(40)84(48,8)9/h11,13-14,17-19,22-23,25-27,32-34,38,43-46,51,67,72-73H,10,12,15-16,20-21,24,28-31H2,1-9H3,(H,61,74)(H,62,78)(H,63,80)(H,64,79)(H,65,76)(H,66,81)(H,68,77)/b17-11+/t32-,33-,34-,38-,43-,44-,45-,46-,51+/m0/s1. The highest BCUT2D eigenvalue weighted by Gasteiger charge is 2.45. The quantitative estimate of drug-likeness (QED) is 0.0655. The lowest BCUT2D eigenvalue weighted by Crippen LogP contribution is -2.61. The van der Waals surface area contributed by atoms with Gasteiger partial charge in [0.25, 0.3) is 0 Å².